The lowest BCUT2D eigenvalue weighted by Gasteiger charge is -2.34. The molecule has 1 atom stereocenters. The van der Waals surface area contributed by atoms with Crippen LogP contribution in [0.2, 0.25) is 0 Å². The SMILES string of the molecule is O=C(O)CC1CSCCN1C(=O)c1cccc(NC(=O)C2CC2)c1. The number of benzene rings is 1. The predicted molar refractivity (Wildman–Crippen MR) is 92.2 cm³/mol. The fourth-order valence-corrected chi connectivity index (χ4v) is 3.84. The summed E-state index contributed by atoms with van der Waals surface area (Å²) in [4.78, 5) is 37.3. The highest BCUT2D eigenvalue weighted by Gasteiger charge is 2.31. The molecule has 2 fully saturated rings. The molecule has 2 aliphatic rings. The van der Waals surface area contributed by atoms with E-state index < -0.39 is 5.97 Å². The first-order valence-electron chi connectivity index (χ1n) is 8.06. The number of carboxylic acids is 1. The molecule has 1 aromatic carbocycles. The van der Waals surface area contributed by atoms with Crippen molar-refractivity contribution in [3.63, 3.8) is 0 Å². The van der Waals surface area contributed by atoms with Crippen LogP contribution in [0.1, 0.15) is 29.6 Å². The molecule has 1 aliphatic carbocycles. The number of thioether (sulfide) groups is 1. The van der Waals surface area contributed by atoms with Crippen LogP contribution in [-0.4, -0.2) is 51.9 Å². The van der Waals surface area contributed by atoms with Crippen molar-refractivity contribution < 1.29 is 19.5 Å². The molecule has 1 unspecified atom stereocenters. The van der Waals surface area contributed by atoms with Gasteiger partial charge in [0.15, 0.2) is 0 Å². The van der Waals surface area contributed by atoms with Gasteiger partial charge in [-0.3, -0.25) is 14.4 Å². The highest BCUT2D eigenvalue weighted by molar-refractivity contribution is 7.99. The minimum atomic E-state index is -0.897. The van der Waals surface area contributed by atoms with Gasteiger partial charge in [0.25, 0.3) is 5.91 Å². The zero-order valence-corrected chi connectivity index (χ0v) is 14.1. The maximum absolute atomic E-state index is 12.8. The van der Waals surface area contributed by atoms with Gasteiger partial charge in [-0.1, -0.05) is 6.07 Å². The lowest BCUT2D eigenvalue weighted by atomic mass is 10.1. The molecule has 0 bridgehead atoms. The van der Waals surface area contributed by atoms with Crippen LogP contribution in [0, 0.1) is 5.92 Å². The molecule has 1 saturated heterocycles. The second kappa shape index (κ2) is 7.25. The number of anilines is 1. The minimum absolute atomic E-state index is 0.00211. The molecular formula is C17H20N2O4S. The second-order valence-corrected chi connectivity index (χ2v) is 7.32. The molecule has 7 heteroatoms. The molecule has 6 nitrogen and oxygen atoms in total. The van der Waals surface area contributed by atoms with Gasteiger partial charge in [0.05, 0.1) is 12.5 Å². The van der Waals surface area contributed by atoms with Crippen molar-refractivity contribution in [2.45, 2.75) is 25.3 Å². The molecule has 0 aromatic heterocycles. The third-order valence-electron chi connectivity index (χ3n) is 4.22. The predicted octanol–water partition coefficient (Wildman–Crippen LogP) is 2.07. The Morgan fingerprint density at radius 1 is 1.29 bits per heavy atom. The number of carbonyl (C=O) groups excluding carboxylic acids is 2. The van der Waals surface area contributed by atoms with E-state index in [4.69, 9.17) is 5.11 Å². The van der Waals surface area contributed by atoms with Crippen LogP contribution < -0.4 is 5.32 Å². The van der Waals surface area contributed by atoms with E-state index in [0.717, 1.165) is 18.6 Å². The molecule has 24 heavy (non-hydrogen) atoms. The first-order chi connectivity index (χ1) is 11.5. The molecule has 2 amide bonds. The summed E-state index contributed by atoms with van der Waals surface area (Å²) in [6.45, 7) is 0.542. The number of amides is 2. The zero-order chi connectivity index (χ0) is 17.1. The van der Waals surface area contributed by atoms with Crippen LogP contribution in [-0.2, 0) is 9.59 Å². The van der Waals surface area contributed by atoms with E-state index in [9.17, 15) is 14.4 Å². The van der Waals surface area contributed by atoms with Crippen molar-refractivity contribution in [2.75, 3.05) is 23.4 Å². The van der Waals surface area contributed by atoms with Crippen molar-refractivity contribution in [3.8, 4) is 0 Å². The molecule has 0 radical (unpaired) electrons. The number of aliphatic carboxylic acids is 1. The van der Waals surface area contributed by atoms with Crippen LogP contribution in [0.15, 0.2) is 24.3 Å². The van der Waals surface area contributed by atoms with Gasteiger partial charge in [0.1, 0.15) is 0 Å². The van der Waals surface area contributed by atoms with E-state index >= 15 is 0 Å². The summed E-state index contributed by atoms with van der Waals surface area (Å²) in [6.07, 6.45) is 1.80. The molecule has 1 saturated carbocycles. The second-order valence-electron chi connectivity index (χ2n) is 6.17. The third-order valence-corrected chi connectivity index (χ3v) is 5.32. The summed E-state index contributed by atoms with van der Waals surface area (Å²) in [7, 11) is 0. The largest absolute Gasteiger partial charge is 0.481 e. The Bertz CT molecular complexity index is 660. The molecule has 3 rings (SSSR count). The van der Waals surface area contributed by atoms with Crippen LogP contribution in [0.3, 0.4) is 0 Å². The Morgan fingerprint density at radius 3 is 2.79 bits per heavy atom. The van der Waals surface area contributed by atoms with Crippen LogP contribution in [0.5, 0.6) is 0 Å². The number of nitrogens with one attached hydrogen (secondary N) is 1. The summed E-state index contributed by atoms with van der Waals surface area (Å²) < 4.78 is 0. The van der Waals surface area contributed by atoms with Gasteiger partial charge >= 0.3 is 5.97 Å². The van der Waals surface area contributed by atoms with Gasteiger partial charge in [0, 0.05) is 35.2 Å². The van der Waals surface area contributed by atoms with Crippen molar-refractivity contribution in [1.29, 1.82) is 0 Å². The summed E-state index contributed by atoms with van der Waals surface area (Å²) in [6, 6.07) is 6.58. The topological polar surface area (TPSA) is 86.7 Å². The van der Waals surface area contributed by atoms with Gasteiger partial charge in [-0.2, -0.15) is 11.8 Å². The number of hydrogen-bond acceptors (Lipinski definition) is 4. The van der Waals surface area contributed by atoms with Gasteiger partial charge < -0.3 is 15.3 Å². The molecule has 1 heterocycles. The van der Waals surface area contributed by atoms with E-state index in [-0.39, 0.29) is 30.2 Å². The number of hydrogen-bond donors (Lipinski definition) is 2. The Hall–Kier alpha value is -2.02. The fraction of sp³-hybridized carbons (Fsp3) is 0.471. The van der Waals surface area contributed by atoms with Crippen molar-refractivity contribution in [1.82, 2.24) is 4.90 Å². The van der Waals surface area contributed by atoms with E-state index in [2.05, 4.69) is 5.32 Å². The molecule has 1 aromatic rings. The number of carbonyl (C=O) groups is 3. The van der Waals surface area contributed by atoms with E-state index in [1.54, 1.807) is 40.9 Å². The van der Waals surface area contributed by atoms with Gasteiger partial charge in [-0.15, -0.1) is 0 Å². The normalized spacial score (nSPS) is 20.5. The fourth-order valence-electron chi connectivity index (χ4n) is 2.78. The molecule has 128 valence electrons. The number of carboxylic acid groups (broad SMARTS) is 1. The average Bonchev–Trinajstić information content (AvgIpc) is 3.39. The third kappa shape index (κ3) is 4.08. The van der Waals surface area contributed by atoms with Crippen LogP contribution >= 0.6 is 11.8 Å². The maximum Gasteiger partial charge on any atom is 0.305 e. The number of nitrogens with zero attached hydrogens (tertiary/aromatic N) is 1. The Labute approximate surface area is 144 Å². The number of rotatable bonds is 5. The van der Waals surface area contributed by atoms with Gasteiger partial charge in [-0.05, 0) is 31.0 Å². The molecule has 2 N–H and O–H groups in total. The summed E-state index contributed by atoms with van der Waals surface area (Å²) in [5, 5.41) is 11.9. The average molecular weight is 348 g/mol. The zero-order valence-electron chi connectivity index (χ0n) is 13.2. The Morgan fingerprint density at radius 2 is 2.08 bits per heavy atom. The van der Waals surface area contributed by atoms with E-state index in [0.29, 0.717) is 23.5 Å². The lowest BCUT2D eigenvalue weighted by Crippen LogP contribution is -2.47. The molecular weight excluding hydrogens is 328 g/mol. The lowest BCUT2D eigenvalue weighted by molar-refractivity contribution is -0.138. The Balaban J connectivity index is 1.72. The summed E-state index contributed by atoms with van der Waals surface area (Å²) in [5.41, 5.74) is 1.09. The quantitative estimate of drug-likeness (QED) is 0.851. The molecule has 1 aliphatic heterocycles. The minimum Gasteiger partial charge on any atom is -0.481 e. The summed E-state index contributed by atoms with van der Waals surface area (Å²) >= 11 is 1.67. The van der Waals surface area contributed by atoms with Crippen molar-refractivity contribution in [2.24, 2.45) is 5.92 Å². The van der Waals surface area contributed by atoms with Crippen molar-refractivity contribution >= 4 is 35.2 Å². The van der Waals surface area contributed by atoms with E-state index in [1.165, 1.54) is 0 Å². The monoisotopic (exact) mass is 348 g/mol. The standard InChI is InChI=1S/C17H20N2O4S/c20-15(21)9-14-10-24-7-6-19(14)17(23)12-2-1-3-13(8-12)18-16(22)11-4-5-11/h1-3,8,11,14H,4-7,9-10H2,(H,18,22)(H,20,21). The van der Waals surface area contributed by atoms with E-state index in [1.807, 2.05) is 0 Å². The Kier molecular flexibility index (Phi) is 5.08. The van der Waals surface area contributed by atoms with Gasteiger partial charge in [-0.25, -0.2) is 0 Å². The van der Waals surface area contributed by atoms with Gasteiger partial charge in [0.2, 0.25) is 5.91 Å². The van der Waals surface area contributed by atoms with Crippen LogP contribution in [0.25, 0.3) is 0 Å². The highest BCUT2D eigenvalue weighted by atomic mass is 32.2. The van der Waals surface area contributed by atoms with Crippen molar-refractivity contribution in [3.05, 3.63) is 29.8 Å². The highest BCUT2D eigenvalue weighted by Crippen LogP contribution is 2.30. The first kappa shape index (κ1) is 16.8. The smallest absolute Gasteiger partial charge is 0.305 e. The maximum atomic E-state index is 12.8. The van der Waals surface area contributed by atoms with Crippen LogP contribution in [0.4, 0.5) is 5.69 Å². The first-order valence-corrected chi connectivity index (χ1v) is 9.21. The summed E-state index contributed by atoms with van der Waals surface area (Å²) in [5.74, 6) is 0.465. The molecule has 0 spiro atoms.